The Bertz CT molecular complexity index is 425. The molecule has 4 nitrogen and oxygen atoms in total. The van der Waals surface area contributed by atoms with Crippen LogP contribution in [0.15, 0.2) is 18.3 Å². The molecule has 0 spiro atoms. The first-order valence-electron chi connectivity index (χ1n) is 5.66. The fourth-order valence-corrected chi connectivity index (χ4v) is 2.55. The molecular formula is C12H15ClN2O2. The van der Waals surface area contributed by atoms with Gasteiger partial charge in [-0.25, -0.2) is 4.98 Å². The van der Waals surface area contributed by atoms with Crippen molar-refractivity contribution in [2.75, 3.05) is 18.0 Å². The average Bonchev–Trinajstić information content (AvgIpc) is 2.28. The maximum Gasteiger partial charge on any atom is 0.308 e. The van der Waals surface area contributed by atoms with Crippen molar-refractivity contribution in [3.05, 3.63) is 23.4 Å². The lowest BCUT2D eigenvalue weighted by atomic mass is 9.90. The van der Waals surface area contributed by atoms with Gasteiger partial charge in [0.25, 0.3) is 0 Å². The van der Waals surface area contributed by atoms with E-state index in [1.54, 1.807) is 18.3 Å². The summed E-state index contributed by atoms with van der Waals surface area (Å²) in [4.78, 5) is 17.3. The number of nitrogens with zero attached hydrogens (tertiary/aromatic N) is 2. The summed E-state index contributed by atoms with van der Waals surface area (Å²) in [5.41, 5.74) is 0. The molecule has 1 aliphatic heterocycles. The van der Waals surface area contributed by atoms with E-state index in [0.29, 0.717) is 23.3 Å². The van der Waals surface area contributed by atoms with E-state index in [4.69, 9.17) is 16.7 Å². The first kappa shape index (κ1) is 12.2. The van der Waals surface area contributed by atoms with Gasteiger partial charge in [0.2, 0.25) is 0 Å². The minimum atomic E-state index is -0.742. The fraction of sp³-hybridized carbons (Fsp3) is 0.500. The maximum atomic E-state index is 11.1. The molecule has 1 saturated heterocycles. The van der Waals surface area contributed by atoms with Gasteiger partial charge in [-0.2, -0.15) is 0 Å². The van der Waals surface area contributed by atoms with Crippen LogP contribution in [0.4, 0.5) is 5.82 Å². The van der Waals surface area contributed by atoms with Crippen LogP contribution in [0.1, 0.15) is 13.3 Å². The van der Waals surface area contributed by atoms with Crippen LogP contribution in [0.25, 0.3) is 0 Å². The largest absolute Gasteiger partial charge is 0.481 e. The minimum Gasteiger partial charge on any atom is -0.481 e. The lowest BCUT2D eigenvalue weighted by Crippen LogP contribution is -2.43. The number of halogens is 1. The molecule has 1 aromatic heterocycles. The normalized spacial score (nSPS) is 24.7. The summed E-state index contributed by atoms with van der Waals surface area (Å²) in [7, 11) is 0. The molecule has 2 heterocycles. The number of pyridine rings is 1. The van der Waals surface area contributed by atoms with E-state index in [9.17, 15) is 4.79 Å². The Morgan fingerprint density at radius 3 is 3.00 bits per heavy atom. The highest BCUT2D eigenvalue weighted by Gasteiger charge is 2.30. The Morgan fingerprint density at radius 1 is 1.59 bits per heavy atom. The maximum absolute atomic E-state index is 11.1. The van der Waals surface area contributed by atoms with Crippen molar-refractivity contribution < 1.29 is 9.90 Å². The first-order valence-corrected chi connectivity index (χ1v) is 6.04. The topological polar surface area (TPSA) is 53.4 Å². The number of carbonyl (C=O) groups is 1. The molecule has 2 rings (SSSR count). The molecule has 92 valence electrons. The lowest BCUT2D eigenvalue weighted by molar-refractivity contribution is -0.142. The van der Waals surface area contributed by atoms with Gasteiger partial charge in [-0.1, -0.05) is 18.5 Å². The van der Waals surface area contributed by atoms with Crippen LogP contribution >= 0.6 is 11.6 Å². The Morgan fingerprint density at radius 2 is 2.35 bits per heavy atom. The summed E-state index contributed by atoms with van der Waals surface area (Å²) in [6.07, 6.45) is 2.40. The number of hydrogen-bond donors (Lipinski definition) is 1. The second-order valence-corrected chi connectivity index (χ2v) is 5.00. The third kappa shape index (κ3) is 2.69. The fourth-order valence-electron chi connectivity index (χ4n) is 2.31. The van der Waals surface area contributed by atoms with E-state index in [1.807, 2.05) is 4.90 Å². The molecule has 2 atom stereocenters. The molecule has 0 amide bonds. The molecular weight excluding hydrogens is 240 g/mol. The van der Waals surface area contributed by atoms with Crippen molar-refractivity contribution >= 4 is 23.4 Å². The SMILES string of the molecule is CC1CC(C(=O)O)CN(c2ncccc2Cl)C1. The van der Waals surface area contributed by atoms with E-state index in [2.05, 4.69) is 11.9 Å². The van der Waals surface area contributed by atoms with E-state index >= 15 is 0 Å². The highest BCUT2D eigenvalue weighted by Crippen LogP contribution is 2.29. The van der Waals surface area contributed by atoms with Crippen LogP contribution in [0.3, 0.4) is 0 Å². The molecule has 1 fully saturated rings. The lowest BCUT2D eigenvalue weighted by Gasteiger charge is -2.35. The van der Waals surface area contributed by atoms with Crippen molar-refractivity contribution in [2.24, 2.45) is 11.8 Å². The first-order chi connectivity index (χ1) is 8.08. The summed E-state index contributed by atoms with van der Waals surface area (Å²) in [5, 5.41) is 9.68. The third-order valence-electron chi connectivity index (χ3n) is 3.05. The second-order valence-electron chi connectivity index (χ2n) is 4.59. The van der Waals surface area contributed by atoms with Crippen LogP contribution in [-0.4, -0.2) is 29.1 Å². The van der Waals surface area contributed by atoms with Gasteiger partial charge in [0.15, 0.2) is 0 Å². The van der Waals surface area contributed by atoms with Crippen molar-refractivity contribution in [3.63, 3.8) is 0 Å². The molecule has 1 N–H and O–H groups in total. The molecule has 17 heavy (non-hydrogen) atoms. The molecule has 0 radical (unpaired) electrons. The molecule has 0 saturated carbocycles. The zero-order valence-corrected chi connectivity index (χ0v) is 10.4. The van der Waals surface area contributed by atoms with E-state index in [1.165, 1.54) is 0 Å². The van der Waals surface area contributed by atoms with Gasteiger partial charge < -0.3 is 10.0 Å². The third-order valence-corrected chi connectivity index (χ3v) is 3.34. The van der Waals surface area contributed by atoms with Crippen LogP contribution < -0.4 is 4.90 Å². The number of rotatable bonds is 2. The number of aromatic nitrogens is 1. The molecule has 0 aliphatic carbocycles. The number of aliphatic carboxylic acids is 1. The van der Waals surface area contributed by atoms with Gasteiger partial charge in [-0.15, -0.1) is 0 Å². The monoisotopic (exact) mass is 254 g/mol. The number of hydrogen-bond acceptors (Lipinski definition) is 3. The van der Waals surface area contributed by atoms with E-state index in [0.717, 1.165) is 13.0 Å². The minimum absolute atomic E-state index is 0.336. The van der Waals surface area contributed by atoms with Crippen molar-refractivity contribution in [2.45, 2.75) is 13.3 Å². The number of piperidine rings is 1. The quantitative estimate of drug-likeness (QED) is 0.880. The van der Waals surface area contributed by atoms with Crippen LogP contribution in [-0.2, 0) is 4.79 Å². The van der Waals surface area contributed by atoms with Crippen LogP contribution in [0.5, 0.6) is 0 Å². The Hall–Kier alpha value is -1.29. The molecule has 0 aromatic carbocycles. The van der Waals surface area contributed by atoms with Gasteiger partial charge in [0, 0.05) is 19.3 Å². The molecule has 0 bridgehead atoms. The van der Waals surface area contributed by atoms with Gasteiger partial charge in [-0.3, -0.25) is 4.79 Å². The molecule has 2 unspecified atom stereocenters. The Balaban J connectivity index is 2.21. The summed E-state index contributed by atoms with van der Waals surface area (Å²) < 4.78 is 0. The number of carboxylic acids is 1. The van der Waals surface area contributed by atoms with Gasteiger partial charge in [0.05, 0.1) is 10.9 Å². The highest BCUT2D eigenvalue weighted by atomic mass is 35.5. The summed E-state index contributed by atoms with van der Waals surface area (Å²) in [5.74, 6) is -0.0553. The molecule has 1 aliphatic rings. The summed E-state index contributed by atoms with van der Waals surface area (Å²) >= 11 is 6.08. The van der Waals surface area contributed by atoms with Crippen molar-refractivity contribution in [3.8, 4) is 0 Å². The Kier molecular flexibility index (Phi) is 3.52. The number of anilines is 1. The zero-order valence-electron chi connectivity index (χ0n) is 9.64. The molecule has 1 aromatic rings. The van der Waals surface area contributed by atoms with E-state index < -0.39 is 5.97 Å². The van der Waals surface area contributed by atoms with Gasteiger partial charge >= 0.3 is 5.97 Å². The second kappa shape index (κ2) is 4.92. The van der Waals surface area contributed by atoms with Crippen molar-refractivity contribution in [1.82, 2.24) is 4.98 Å². The van der Waals surface area contributed by atoms with E-state index in [-0.39, 0.29) is 5.92 Å². The summed E-state index contributed by atoms with van der Waals surface area (Å²) in [6, 6.07) is 3.55. The standard InChI is InChI=1S/C12H15ClN2O2/c1-8-5-9(12(16)17)7-15(6-8)11-10(13)3-2-4-14-11/h2-4,8-9H,5-7H2,1H3,(H,16,17). The summed E-state index contributed by atoms with van der Waals surface area (Å²) in [6.45, 7) is 3.34. The van der Waals surface area contributed by atoms with Crippen LogP contribution in [0.2, 0.25) is 5.02 Å². The van der Waals surface area contributed by atoms with Gasteiger partial charge in [-0.05, 0) is 24.5 Å². The predicted molar refractivity (Wildman–Crippen MR) is 66.4 cm³/mol. The predicted octanol–water partition coefficient (Wildman–Crippen LogP) is 2.28. The zero-order chi connectivity index (χ0) is 12.4. The highest BCUT2D eigenvalue weighted by molar-refractivity contribution is 6.32. The average molecular weight is 255 g/mol. The van der Waals surface area contributed by atoms with Gasteiger partial charge in [0.1, 0.15) is 5.82 Å². The number of carboxylic acid groups (broad SMARTS) is 1. The van der Waals surface area contributed by atoms with Crippen LogP contribution in [0, 0.1) is 11.8 Å². The smallest absolute Gasteiger partial charge is 0.308 e. The Labute approximate surface area is 105 Å². The van der Waals surface area contributed by atoms with Crippen molar-refractivity contribution in [1.29, 1.82) is 0 Å². The molecule has 5 heteroatoms.